The number of Topliss-reactive ketones (excluding diaryl/α,β-unsaturated/α-hetero) is 1. The number of hydrogen-bond donors (Lipinski definition) is 2. The van der Waals surface area contributed by atoms with Crippen molar-refractivity contribution in [1.82, 2.24) is 5.32 Å². The number of aliphatic hydroxyl groups excluding tert-OH is 1. The van der Waals surface area contributed by atoms with Gasteiger partial charge in [-0.25, -0.2) is 0 Å². The van der Waals surface area contributed by atoms with E-state index in [1.807, 2.05) is 39.0 Å². The van der Waals surface area contributed by atoms with E-state index in [4.69, 9.17) is 5.11 Å². The third kappa shape index (κ3) is 5.68. The van der Waals surface area contributed by atoms with E-state index in [0.717, 1.165) is 17.5 Å². The lowest BCUT2D eigenvalue weighted by Gasteiger charge is -2.15. The summed E-state index contributed by atoms with van der Waals surface area (Å²) in [6, 6.07) is 5.59. The Balaban J connectivity index is 2.48. The minimum Gasteiger partial charge on any atom is -0.396 e. The molecule has 0 radical (unpaired) electrons. The summed E-state index contributed by atoms with van der Waals surface area (Å²) in [6.45, 7) is 5.99. The molecule has 1 aromatic carbocycles. The Morgan fingerprint density at radius 3 is 2.48 bits per heavy atom. The zero-order valence-corrected chi connectivity index (χ0v) is 13.1. The van der Waals surface area contributed by atoms with Crippen molar-refractivity contribution in [1.29, 1.82) is 0 Å². The lowest BCUT2D eigenvalue weighted by molar-refractivity contribution is -0.121. The number of aliphatic hydroxyl groups is 1. The molecule has 4 heteroatoms. The maximum atomic E-state index is 12.1. The standard InChI is InChI=1S/C17H25NO3/c1-4-15(9-10-19)18-17(21)8-7-16(20)14-6-5-12(2)13(3)11-14/h5-6,11,15,19H,4,7-10H2,1-3H3,(H,18,21). The number of carbonyl (C=O) groups is 2. The third-order valence-electron chi connectivity index (χ3n) is 3.74. The van der Waals surface area contributed by atoms with Gasteiger partial charge in [-0.15, -0.1) is 0 Å². The van der Waals surface area contributed by atoms with E-state index in [9.17, 15) is 9.59 Å². The summed E-state index contributed by atoms with van der Waals surface area (Å²) in [7, 11) is 0. The molecule has 116 valence electrons. The number of aryl methyl sites for hydroxylation is 2. The van der Waals surface area contributed by atoms with Crippen molar-refractivity contribution in [3.05, 3.63) is 34.9 Å². The summed E-state index contributed by atoms with van der Waals surface area (Å²) in [6.07, 6.45) is 1.72. The van der Waals surface area contributed by atoms with Crippen LogP contribution in [-0.2, 0) is 4.79 Å². The first-order valence-corrected chi connectivity index (χ1v) is 7.48. The number of ketones is 1. The largest absolute Gasteiger partial charge is 0.396 e. The van der Waals surface area contributed by atoms with Gasteiger partial charge in [-0.2, -0.15) is 0 Å². The van der Waals surface area contributed by atoms with Crippen molar-refractivity contribution in [2.24, 2.45) is 0 Å². The normalized spacial score (nSPS) is 12.0. The van der Waals surface area contributed by atoms with Gasteiger partial charge in [0, 0.05) is 31.1 Å². The fourth-order valence-corrected chi connectivity index (χ4v) is 2.12. The van der Waals surface area contributed by atoms with Gasteiger partial charge in [0.1, 0.15) is 0 Å². The molecule has 21 heavy (non-hydrogen) atoms. The molecular weight excluding hydrogens is 266 g/mol. The Morgan fingerprint density at radius 2 is 1.90 bits per heavy atom. The minimum atomic E-state index is -0.132. The molecule has 0 heterocycles. The van der Waals surface area contributed by atoms with E-state index in [1.54, 1.807) is 0 Å². The van der Waals surface area contributed by atoms with Crippen molar-refractivity contribution < 1.29 is 14.7 Å². The number of rotatable bonds is 8. The third-order valence-corrected chi connectivity index (χ3v) is 3.74. The average Bonchev–Trinajstić information content (AvgIpc) is 2.47. The quantitative estimate of drug-likeness (QED) is 0.723. The van der Waals surface area contributed by atoms with Gasteiger partial charge in [0.25, 0.3) is 0 Å². The van der Waals surface area contributed by atoms with E-state index in [-0.39, 0.29) is 37.2 Å². The molecule has 0 aromatic heterocycles. The summed E-state index contributed by atoms with van der Waals surface area (Å²) >= 11 is 0. The van der Waals surface area contributed by atoms with Gasteiger partial charge >= 0.3 is 0 Å². The van der Waals surface area contributed by atoms with Crippen LogP contribution in [0.25, 0.3) is 0 Å². The highest BCUT2D eigenvalue weighted by atomic mass is 16.3. The molecule has 0 bridgehead atoms. The monoisotopic (exact) mass is 291 g/mol. The van der Waals surface area contributed by atoms with Gasteiger partial charge < -0.3 is 10.4 Å². The Bertz CT molecular complexity index is 497. The first-order valence-electron chi connectivity index (χ1n) is 7.48. The van der Waals surface area contributed by atoms with Crippen LogP contribution in [0.2, 0.25) is 0 Å². The molecular formula is C17H25NO3. The molecule has 2 N–H and O–H groups in total. The van der Waals surface area contributed by atoms with Crippen molar-refractivity contribution in [2.75, 3.05) is 6.61 Å². The van der Waals surface area contributed by atoms with E-state index in [2.05, 4.69) is 5.32 Å². The summed E-state index contributed by atoms with van der Waals surface area (Å²) in [5.74, 6) is -0.143. The highest BCUT2D eigenvalue weighted by molar-refractivity contribution is 5.98. The number of hydrogen-bond acceptors (Lipinski definition) is 3. The predicted octanol–water partition coefficient (Wildman–Crippen LogP) is 2.54. The first kappa shape index (κ1) is 17.4. The van der Waals surface area contributed by atoms with Crippen molar-refractivity contribution in [3.63, 3.8) is 0 Å². The number of benzene rings is 1. The Labute approximate surface area is 126 Å². The van der Waals surface area contributed by atoms with Crippen LogP contribution in [0.5, 0.6) is 0 Å². The van der Waals surface area contributed by atoms with Gasteiger partial charge in [-0.05, 0) is 43.9 Å². The van der Waals surface area contributed by atoms with Crippen molar-refractivity contribution >= 4 is 11.7 Å². The summed E-state index contributed by atoms with van der Waals surface area (Å²) in [5, 5.41) is 11.7. The average molecular weight is 291 g/mol. The van der Waals surface area contributed by atoms with Crippen molar-refractivity contribution in [3.8, 4) is 0 Å². The second kappa shape index (κ2) is 8.57. The van der Waals surface area contributed by atoms with Crippen LogP contribution in [0.3, 0.4) is 0 Å². The zero-order valence-electron chi connectivity index (χ0n) is 13.1. The number of amides is 1. The van der Waals surface area contributed by atoms with Crippen LogP contribution in [0.15, 0.2) is 18.2 Å². The fourth-order valence-electron chi connectivity index (χ4n) is 2.12. The van der Waals surface area contributed by atoms with Crippen LogP contribution in [0.1, 0.15) is 54.1 Å². The fraction of sp³-hybridized carbons (Fsp3) is 0.529. The molecule has 0 saturated heterocycles. The maximum absolute atomic E-state index is 12.1. The minimum absolute atomic E-state index is 0.0107. The van der Waals surface area contributed by atoms with Crippen LogP contribution in [-0.4, -0.2) is 29.4 Å². The number of nitrogens with one attached hydrogen (secondary N) is 1. The molecule has 0 fully saturated rings. The molecule has 0 aliphatic rings. The zero-order chi connectivity index (χ0) is 15.8. The topological polar surface area (TPSA) is 66.4 Å². The summed E-state index contributed by atoms with van der Waals surface area (Å²) in [4.78, 5) is 23.9. The number of carbonyl (C=O) groups excluding carboxylic acids is 2. The molecule has 0 saturated carbocycles. The van der Waals surface area contributed by atoms with Gasteiger partial charge in [0.05, 0.1) is 0 Å². The highest BCUT2D eigenvalue weighted by Gasteiger charge is 2.13. The molecule has 1 aromatic rings. The molecule has 1 rings (SSSR count). The van der Waals surface area contributed by atoms with Crippen LogP contribution >= 0.6 is 0 Å². The molecule has 0 aliphatic heterocycles. The van der Waals surface area contributed by atoms with Gasteiger partial charge in [0.15, 0.2) is 5.78 Å². The van der Waals surface area contributed by atoms with Crippen molar-refractivity contribution in [2.45, 2.75) is 52.5 Å². The lowest BCUT2D eigenvalue weighted by atomic mass is 10.0. The molecule has 4 nitrogen and oxygen atoms in total. The maximum Gasteiger partial charge on any atom is 0.220 e. The van der Waals surface area contributed by atoms with E-state index >= 15 is 0 Å². The molecule has 1 amide bonds. The SMILES string of the molecule is CCC(CCO)NC(=O)CCC(=O)c1ccc(C)c(C)c1. The summed E-state index contributed by atoms with van der Waals surface area (Å²) < 4.78 is 0. The first-order chi connectivity index (χ1) is 9.97. The van der Waals surface area contributed by atoms with E-state index in [0.29, 0.717) is 12.0 Å². The van der Waals surface area contributed by atoms with Crippen LogP contribution in [0.4, 0.5) is 0 Å². The van der Waals surface area contributed by atoms with E-state index < -0.39 is 0 Å². The Kier molecular flexibility index (Phi) is 7.09. The molecule has 1 atom stereocenters. The van der Waals surface area contributed by atoms with Gasteiger partial charge in [-0.3, -0.25) is 9.59 Å². The Morgan fingerprint density at radius 1 is 1.19 bits per heavy atom. The predicted molar refractivity (Wildman–Crippen MR) is 83.4 cm³/mol. The highest BCUT2D eigenvalue weighted by Crippen LogP contribution is 2.12. The molecule has 0 aliphatic carbocycles. The van der Waals surface area contributed by atoms with Gasteiger partial charge in [0.2, 0.25) is 5.91 Å². The Hall–Kier alpha value is -1.68. The van der Waals surface area contributed by atoms with E-state index in [1.165, 1.54) is 0 Å². The molecule has 0 spiro atoms. The second-order valence-corrected chi connectivity index (χ2v) is 5.41. The second-order valence-electron chi connectivity index (χ2n) is 5.41. The molecule has 1 unspecified atom stereocenters. The van der Waals surface area contributed by atoms with Crippen LogP contribution in [0, 0.1) is 13.8 Å². The lowest BCUT2D eigenvalue weighted by Crippen LogP contribution is -2.35. The summed E-state index contributed by atoms with van der Waals surface area (Å²) in [5.41, 5.74) is 2.90. The van der Waals surface area contributed by atoms with Gasteiger partial charge in [-0.1, -0.05) is 19.1 Å². The van der Waals surface area contributed by atoms with Crippen LogP contribution < -0.4 is 5.32 Å². The smallest absolute Gasteiger partial charge is 0.220 e.